The van der Waals surface area contributed by atoms with E-state index >= 15 is 0 Å². The lowest BCUT2D eigenvalue weighted by molar-refractivity contribution is 0.0839. The van der Waals surface area contributed by atoms with Crippen molar-refractivity contribution in [2.75, 3.05) is 26.2 Å². The normalized spacial score (nSPS) is 15.9. The lowest BCUT2D eigenvalue weighted by Gasteiger charge is -2.42. The molecule has 41 heavy (non-hydrogen) atoms. The summed E-state index contributed by atoms with van der Waals surface area (Å²) in [7, 11) is 0. The van der Waals surface area contributed by atoms with Crippen LogP contribution in [-0.2, 0) is 5.54 Å². The predicted molar refractivity (Wildman–Crippen MR) is 162 cm³/mol. The van der Waals surface area contributed by atoms with Crippen molar-refractivity contribution < 1.29 is 0 Å². The molecule has 8 nitrogen and oxygen atoms in total. The zero-order chi connectivity index (χ0) is 28.6. The number of aromatic amines is 1. The van der Waals surface area contributed by atoms with Gasteiger partial charge in [-0.05, 0) is 72.8 Å². The monoisotopic (exact) mass is 547 g/mol. The number of piperazine rings is 1. The molecule has 0 spiro atoms. The van der Waals surface area contributed by atoms with Crippen molar-refractivity contribution in [3.63, 3.8) is 0 Å². The zero-order valence-corrected chi connectivity index (χ0v) is 24.2. The molecule has 0 aliphatic carbocycles. The molecule has 8 heteroatoms. The Morgan fingerprint density at radius 2 is 1.37 bits per heavy atom. The summed E-state index contributed by atoms with van der Waals surface area (Å²) in [5.74, 6) is 0.686. The van der Waals surface area contributed by atoms with Crippen LogP contribution in [0.4, 0.5) is 0 Å². The number of fused-ring (bicyclic) bond motifs is 1. The van der Waals surface area contributed by atoms with Gasteiger partial charge in [0.2, 0.25) is 0 Å². The summed E-state index contributed by atoms with van der Waals surface area (Å²) in [5.41, 5.74) is 4.75. The second-order valence-corrected chi connectivity index (χ2v) is 12.0. The van der Waals surface area contributed by atoms with Gasteiger partial charge in [0.25, 0.3) is 5.56 Å². The lowest BCUT2D eigenvalue weighted by atomic mass is 9.95. The van der Waals surface area contributed by atoms with Crippen LogP contribution in [0.1, 0.15) is 60.9 Å². The number of nitrogens with zero attached hydrogens (tertiary/aromatic N) is 6. The quantitative estimate of drug-likeness (QED) is 0.320. The Hall–Kier alpha value is -4.14. The van der Waals surface area contributed by atoms with Gasteiger partial charge >= 0.3 is 0 Å². The summed E-state index contributed by atoms with van der Waals surface area (Å²) in [6, 6.07) is 29.3. The standard InChI is InChI=1S/C33H37N7O/c1-23-15-16-28-26(21-23)22-27(32(41)34-28)30(31-35-36-37-40(31)33(2,3)4)39-19-17-38(18-20-39)29(24-11-7-5-8-12-24)25-13-9-6-10-14-25/h5-16,21-22,29-30H,17-20H2,1-4H3,(H,34,41). The Morgan fingerprint density at radius 3 is 1.95 bits per heavy atom. The van der Waals surface area contributed by atoms with Gasteiger partial charge in [-0.25, -0.2) is 4.68 Å². The first kappa shape index (κ1) is 27.1. The summed E-state index contributed by atoms with van der Waals surface area (Å²) in [5, 5.41) is 14.0. The maximum Gasteiger partial charge on any atom is 0.253 e. The predicted octanol–water partition coefficient (Wildman–Crippen LogP) is 5.07. The van der Waals surface area contributed by atoms with Crippen LogP contribution in [0.3, 0.4) is 0 Å². The molecule has 1 unspecified atom stereocenters. The van der Waals surface area contributed by atoms with Gasteiger partial charge in [-0.2, -0.15) is 0 Å². The first-order valence-corrected chi connectivity index (χ1v) is 14.3. The topological polar surface area (TPSA) is 82.9 Å². The number of rotatable bonds is 6. The van der Waals surface area contributed by atoms with Crippen molar-refractivity contribution in [2.24, 2.45) is 0 Å². The van der Waals surface area contributed by atoms with Crippen LogP contribution in [0, 0.1) is 6.92 Å². The maximum absolute atomic E-state index is 13.6. The second kappa shape index (κ2) is 11.0. The van der Waals surface area contributed by atoms with E-state index in [1.807, 2.05) is 22.9 Å². The highest BCUT2D eigenvalue weighted by atomic mass is 16.1. The van der Waals surface area contributed by atoms with Crippen molar-refractivity contribution in [2.45, 2.75) is 45.3 Å². The summed E-state index contributed by atoms with van der Waals surface area (Å²) >= 11 is 0. The van der Waals surface area contributed by atoms with Gasteiger partial charge in [-0.3, -0.25) is 14.6 Å². The highest BCUT2D eigenvalue weighted by Gasteiger charge is 2.36. The largest absolute Gasteiger partial charge is 0.322 e. The smallest absolute Gasteiger partial charge is 0.253 e. The highest BCUT2D eigenvalue weighted by Crippen LogP contribution is 2.34. The van der Waals surface area contributed by atoms with E-state index in [1.54, 1.807) is 0 Å². The molecule has 3 heterocycles. The second-order valence-electron chi connectivity index (χ2n) is 12.0. The van der Waals surface area contributed by atoms with Crippen molar-refractivity contribution in [1.29, 1.82) is 0 Å². The average Bonchev–Trinajstić information content (AvgIpc) is 3.46. The van der Waals surface area contributed by atoms with Gasteiger partial charge < -0.3 is 4.98 Å². The van der Waals surface area contributed by atoms with Crippen molar-refractivity contribution in [3.05, 3.63) is 123 Å². The molecule has 1 saturated heterocycles. The average molecular weight is 548 g/mol. The van der Waals surface area contributed by atoms with Gasteiger partial charge in [-0.15, -0.1) is 5.10 Å². The van der Waals surface area contributed by atoms with E-state index in [-0.39, 0.29) is 23.2 Å². The van der Waals surface area contributed by atoms with Crippen LogP contribution in [0.5, 0.6) is 0 Å². The zero-order valence-electron chi connectivity index (χ0n) is 24.2. The van der Waals surface area contributed by atoms with E-state index in [0.717, 1.165) is 42.6 Å². The van der Waals surface area contributed by atoms with Crippen LogP contribution in [-0.4, -0.2) is 61.2 Å². The third-order valence-corrected chi connectivity index (χ3v) is 8.01. The molecule has 2 aromatic heterocycles. The van der Waals surface area contributed by atoms with Crippen LogP contribution in [0.2, 0.25) is 0 Å². The van der Waals surface area contributed by atoms with E-state index in [9.17, 15) is 4.79 Å². The van der Waals surface area contributed by atoms with Gasteiger partial charge in [0, 0.05) is 37.3 Å². The Morgan fingerprint density at radius 1 is 0.780 bits per heavy atom. The number of tetrazole rings is 1. The van der Waals surface area contributed by atoms with Crippen LogP contribution in [0.15, 0.2) is 89.7 Å². The number of H-pyrrole nitrogens is 1. The highest BCUT2D eigenvalue weighted by molar-refractivity contribution is 5.79. The van der Waals surface area contributed by atoms with Gasteiger partial charge in [0.15, 0.2) is 5.82 Å². The summed E-state index contributed by atoms with van der Waals surface area (Å²) < 4.78 is 1.86. The maximum atomic E-state index is 13.6. The summed E-state index contributed by atoms with van der Waals surface area (Å²) in [4.78, 5) is 21.7. The molecule has 0 amide bonds. The van der Waals surface area contributed by atoms with Crippen molar-refractivity contribution in [1.82, 2.24) is 35.0 Å². The SMILES string of the molecule is Cc1ccc2[nH]c(=O)c(C(c3nnnn3C(C)(C)C)N3CCN(C(c4ccccc4)c4ccccc4)CC3)cc2c1. The number of hydrogen-bond acceptors (Lipinski definition) is 6. The number of hydrogen-bond donors (Lipinski definition) is 1. The van der Waals surface area contributed by atoms with Crippen molar-refractivity contribution in [3.8, 4) is 0 Å². The minimum Gasteiger partial charge on any atom is -0.322 e. The first-order valence-electron chi connectivity index (χ1n) is 14.3. The third-order valence-electron chi connectivity index (χ3n) is 8.01. The fourth-order valence-electron chi connectivity index (χ4n) is 6.03. The van der Waals surface area contributed by atoms with Crippen LogP contribution >= 0.6 is 0 Å². The number of aryl methyl sites for hydroxylation is 1. The van der Waals surface area contributed by atoms with Crippen molar-refractivity contribution >= 4 is 10.9 Å². The molecule has 6 rings (SSSR count). The molecule has 1 aliphatic heterocycles. The molecule has 3 aromatic carbocycles. The number of benzene rings is 3. The van der Waals surface area contributed by atoms with E-state index in [1.165, 1.54) is 11.1 Å². The molecule has 1 aliphatic rings. The number of aromatic nitrogens is 5. The Balaban J connectivity index is 1.38. The minimum atomic E-state index is -0.382. The number of nitrogens with one attached hydrogen (secondary N) is 1. The molecule has 1 atom stereocenters. The fraction of sp³-hybridized carbons (Fsp3) is 0.333. The molecule has 0 saturated carbocycles. The van der Waals surface area contributed by atoms with Gasteiger partial charge in [0.05, 0.1) is 11.6 Å². The molecule has 1 fully saturated rings. The summed E-state index contributed by atoms with van der Waals surface area (Å²) in [6.45, 7) is 11.5. The molecule has 0 radical (unpaired) electrons. The molecule has 0 bridgehead atoms. The molecule has 5 aromatic rings. The molecular weight excluding hydrogens is 510 g/mol. The Labute approximate surface area is 240 Å². The fourth-order valence-corrected chi connectivity index (χ4v) is 6.03. The molecule has 1 N–H and O–H groups in total. The van der Waals surface area contributed by atoms with Gasteiger partial charge in [0.1, 0.15) is 6.04 Å². The summed E-state index contributed by atoms with van der Waals surface area (Å²) in [6.07, 6.45) is 0. The lowest BCUT2D eigenvalue weighted by Crippen LogP contribution is -2.50. The Kier molecular flexibility index (Phi) is 7.28. The van der Waals surface area contributed by atoms with E-state index in [4.69, 9.17) is 0 Å². The van der Waals surface area contributed by atoms with E-state index < -0.39 is 0 Å². The van der Waals surface area contributed by atoms with Crippen LogP contribution in [0.25, 0.3) is 10.9 Å². The van der Waals surface area contributed by atoms with Crippen LogP contribution < -0.4 is 5.56 Å². The first-order chi connectivity index (χ1) is 19.8. The minimum absolute atomic E-state index is 0.108. The van der Waals surface area contributed by atoms with E-state index in [0.29, 0.717) is 11.4 Å². The van der Waals surface area contributed by atoms with Gasteiger partial charge in [-0.1, -0.05) is 72.3 Å². The molecular formula is C33H37N7O. The third kappa shape index (κ3) is 5.45. The van der Waals surface area contributed by atoms with E-state index in [2.05, 4.69) is 125 Å². The number of pyridine rings is 1. The Bertz CT molecular complexity index is 1640. The molecule has 210 valence electrons.